The number of ether oxygens (including phenoxy) is 1. The highest BCUT2D eigenvalue weighted by Crippen LogP contribution is 2.32. The Balaban J connectivity index is 1.75. The zero-order chi connectivity index (χ0) is 23.1. The summed E-state index contributed by atoms with van der Waals surface area (Å²) >= 11 is 0. The van der Waals surface area contributed by atoms with E-state index in [-0.39, 0.29) is 16.9 Å². The standard InChI is InChI=1S/C22H23F3N4O3/c1-13-26-17-11-18(30)29(21(2)6-8-32-9-7-21)12-16(17)19(27-13)28-20(31)14-4-3-5-15(10-14)22(23,24)25/h3-5,10-12,20,31H,6-9H2,1-2H3,(H,26,27,28)/t20-/m1/s1. The van der Waals surface area contributed by atoms with E-state index in [0.29, 0.717) is 42.8 Å². The minimum absolute atomic E-state index is 0.0361. The molecule has 0 spiro atoms. The third-order valence-electron chi connectivity index (χ3n) is 5.80. The molecule has 1 aromatic carbocycles. The van der Waals surface area contributed by atoms with Crippen LogP contribution in [0.25, 0.3) is 10.9 Å². The van der Waals surface area contributed by atoms with Crippen molar-refractivity contribution in [2.45, 2.75) is 44.6 Å². The average Bonchev–Trinajstić information content (AvgIpc) is 2.73. The fraction of sp³-hybridized carbons (Fsp3) is 0.409. The molecule has 2 aromatic heterocycles. The third kappa shape index (κ3) is 4.33. The Morgan fingerprint density at radius 3 is 2.62 bits per heavy atom. The predicted molar refractivity (Wildman–Crippen MR) is 112 cm³/mol. The zero-order valence-electron chi connectivity index (χ0n) is 17.6. The first-order valence-electron chi connectivity index (χ1n) is 10.2. The van der Waals surface area contributed by atoms with Crippen molar-refractivity contribution in [2.75, 3.05) is 18.5 Å². The molecule has 1 saturated heterocycles. The molecule has 1 atom stereocenters. The number of hydrogen-bond acceptors (Lipinski definition) is 6. The van der Waals surface area contributed by atoms with Crippen LogP contribution in [0.5, 0.6) is 0 Å². The molecule has 7 nitrogen and oxygen atoms in total. The van der Waals surface area contributed by atoms with Crippen molar-refractivity contribution in [3.8, 4) is 0 Å². The smallest absolute Gasteiger partial charge is 0.381 e. The van der Waals surface area contributed by atoms with Gasteiger partial charge in [-0.25, -0.2) is 9.97 Å². The number of aromatic nitrogens is 3. The highest BCUT2D eigenvalue weighted by molar-refractivity contribution is 5.88. The molecule has 170 valence electrons. The number of nitrogens with one attached hydrogen (secondary N) is 1. The Hall–Kier alpha value is -2.98. The lowest BCUT2D eigenvalue weighted by atomic mass is 9.92. The van der Waals surface area contributed by atoms with Gasteiger partial charge in [0.05, 0.1) is 16.5 Å². The van der Waals surface area contributed by atoms with Crippen LogP contribution in [0.15, 0.2) is 41.3 Å². The van der Waals surface area contributed by atoms with Crippen molar-refractivity contribution in [3.05, 3.63) is 63.8 Å². The number of fused-ring (bicyclic) bond motifs is 1. The lowest BCUT2D eigenvalue weighted by Crippen LogP contribution is -2.42. The maximum absolute atomic E-state index is 13.1. The molecule has 0 radical (unpaired) electrons. The highest BCUT2D eigenvalue weighted by atomic mass is 19.4. The summed E-state index contributed by atoms with van der Waals surface area (Å²) < 4.78 is 46.2. The van der Waals surface area contributed by atoms with Crippen LogP contribution >= 0.6 is 0 Å². The van der Waals surface area contributed by atoms with Crippen molar-refractivity contribution < 1.29 is 23.0 Å². The van der Waals surface area contributed by atoms with Gasteiger partial charge < -0.3 is 19.7 Å². The summed E-state index contributed by atoms with van der Waals surface area (Å²) in [4.78, 5) is 21.5. The van der Waals surface area contributed by atoms with Crippen LogP contribution in [0.2, 0.25) is 0 Å². The number of halogens is 3. The number of aliphatic hydroxyl groups excluding tert-OH is 1. The van der Waals surface area contributed by atoms with Crippen LogP contribution in [0.1, 0.15) is 42.9 Å². The average molecular weight is 448 g/mol. The molecule has 4 rings (SSSR count). The van der Waals surface area contributed by atoms with Gasteiger partial charge in [-0.2, -0.15) is 13.2 Å². The van der Waals surface area contributed by atoms with Crippen LogP contribution in [0, 0.1) is 6.92 Å². The van der Waals surface area contributed by atoms with Gasteiger partial charge in [-0.1, -0.05) is 12.1 Å². The van der Waals surface area contributed by atoms with E-state index in [1.165, 1.54) is 18.2 Å². The van der Waals surface area contributed by atoms with Gasteiger partial charge in [-0.05, 0) is 38.8 Å². The lowest BCUT2D eigenvalue weighted by Gasteiger charge is -2.35. The molecule has 1 fully saturated rings. The normalized spacial score (nSPS) is 17.3. The van der Waals surface area contributed by atoms with Crippen molar-refractivity contribution in [3.63, 3.8) is 0 Å². The number of anilines is 1. The van der Waals surface area contributed by atoms with E-state index in [1.54, 1.807) is 17.7 Å². The van der Waals surface area contributed by atoms with Crippen LogP contribution in [-0.2, 0) is 16.5 Å². The second kappa shape index (κ2) is 8.18. The Morgan fingerprint density at radius 2 is 1.94 bits per heavy atom. The SMILES string of the molecule is Cc1nc(N[C@H](O)c2cccc(C(F)(F)F)c2)c2cn(C3(C)CCOCC3)c(=O)cc2n1. The fourth-order valence-electron chi connectivity index (χ4n) is 3.90. The molecule has 0 bridgehead atoms. The largest absolute Gasteiger partial charge is 0.416 e. The van der Waals surface area contributed by atoms with Crippen molar-refractivity contribution in [1.29, 1.82) is 0 Å². The number of aryl methyl sites for hydroxylation is 1. The van der Waals surface area contributed by atoms with E-state index in [1.807, 2.05) is 6.92 Å². The molecule has 0 amide bonds. The monoisotopic (exact) mass is 448 g/mol. The summed E-state index contributed by atoms with van der Waals surface area (Å²) in [7, 11) is 0. The quantitative estimate of drug-likeness (QED) is 0.591. The number of nitrogens with zero attached hydrogens (tertiary/aromatic N) is 3. The maximum Gasteiger partial charge on any atom is 0.416 e. The second-order valence-electron chi connectivity index (χ2n) is 8.18. The van der Waals surface area contributed by atoms with E-state index in [4.69, 9.17) is 4.74 Å². The molecular weight excluding hydrogens is 425 g/mol. The zero-order valence-corrected chi connectivity index (χ0v) is 17.6. The van der Waals surface area contributed by atoms with Crippen LogP contribution in [-0.4, -0.2) is 32.9 Å². The van der Waals surface area contributed by atoms with E-state index in [2.05, 4.69) is 15.3 Å². The molecule has 0 aliphatic carbocycles. The molecule has 0 saturated carbocycles. The minimum atomic E-state index is -4.52. The number of hydrogen-bond donors (Lipinski definition) is 2. The first kappa shape index (κ1) is 22.2. The summed E-state index contributed by atoms with van der Waals surface area (Å²) in [5.41, 5.74) is -1.11. The Kier molecular flexibility index (Phi) is 5.68. The summed E-state index contributed by atoms with van der Waals surface area (Å²) in [5, 5.41) is 13.9. The molecule has 0 unspecified atom stereocenters. The highest BCUT2D eigenvalue weighted by Gasteiger charge is 2.32. The molecule has 32 heavy (non-hydrogen) atoms. The predicted octanol–water partition coefficient (Wildman–Crippen LogP) is 3.75. The van der Waals surface area contributed by atoms with Crippen molar-refractivity contribution in [2.24, 2.45) is 0 Å². The van der Waals surface area contributed by atoms with Crippen molar-refractivity contribution >= 4 is 16.7 Å². The van der Waals surface area contributed by atoms with Gasteiger partial charge in [0.1, 0.15) is 11.6 Å². The number of alkyl halides is 3. The Bertz CT molecular complexity index is 1200. The Morgan fingerprint density at radius 1 is 1.22 bits per heavy atom. The number of benzene rings is 1. The maximum atomic E-state index is 13.1. The summed E-state index contributed by atoms with van der Waals surface area (Å²) in [6.07, 6.45) is -3.03. The molecule has 3 heterocycles. The fourth-order valence-corrected chi connectivity index (χ4v) is 3.90. The van der Waals surface area contributed by atoms with E-state index >= 15 is 0 Å². The molecule has 1 aliphatic rings. The molecule has 3 aromatic rings. The summed E-state index contributed by atoms with van der Waals surface area (Å²) in [5.74, 6) is 0.576. The van der Waals surface area contributed by atoms with Gasteiger partial charge in [0.15, 0.2) is 6.23 Å². The van der Waals surface area contributed by atoms with Crippen LogP contribution in [0.4, 0.5) is 19.0 Å². The van der Waals surface area contributed by atoms with E-state index in [0.717, 1.165) is 12.1 Å². The van der Waals surface area contributed by atoms with Gasteiger partial charge >= 0.3 is 6.18 Å². The lowest BCUT2D eigenvalue weighted by molar-refractivity contribution is -0.137. The van der Waals surface area contributed by atoms with Crippen LogP contribution in [0.3, 0.4) is 0 Å². The minimum Gasteiger partial charge on any atom is -0.381 e. The molecule has 10 heteroatoms. The summed E-state index contributed by atoms with van der Waals surface area (Å²) in [6, 6.07) is 5.85. The first-order valence-corrected chi connectivity index (χ1v) is 10.2. The van der Waals surface area contributed by atoms with Gasteiger partial charge in [0, 0.05) is 36.6 Å². The van der Waals surface area contributed by atoms with Gasteiger partial charge in [0.2, 0.25) is 0 Å². The van der Waals surface area contributed by atoms with Gasteiger partial charge in [0.25, 0.3) is 5.56 Å². The van der Waals surface area contributed by atoms with E-state index < -0.39 is 23.5 Å². The van der Waals surface area contributed by atoms with Gasteiger partial charge in [-0.15, -0.1) is 0 Å². The molecular formula is C22H23F3N4O3. The van der Waals surface area contributed by atoms with Crippen molar-refractivity contribution in [1.82, 2.24) is 14.5 Å². The van der Waals surface area contributed by atoms with E-state index in [9.17, 15) is 23.1 Å². The first-order chi connectivity index (χ1) is 15.1. The molecule has 2 N–H and O–H groups in total. The summed E-state index contributed by atoms with van der Waals surface area (Å²) in [6.45, 7) is 4.67. The third-order valence-corrected chi connectivity index (χ3v) is 5.80. The topological polar surface area (TPSA) is 89.3 Å². The van der Waals surface area contributed by atoms with Crippen LogP contribution < -0.4 is 10.9 Å². The van der Waals surface area contributed by atoms with Gasteiger partial charge in [-0.3, -0.25) is 4.79 Å². The number of rotatable bonds is 4. The molecule has 1 aliphatic heterocycles. The second-order valence-corrected chi connectivity index (χ2v) is 8.18. The number of aliphatic hydroxyl groups is 1. The Labute approximate surface area is 181 Å². The number of pyridine rings is 1.